The molecule has 0 aromatic carbocycles. The lowest BCUT2D eigenvalue weighted by Gasteiger charge is -2.39. The molecule has 4 atom stereocenters. The molecule has 0 aromatic rings. The lowest BCUT2D eigenvalue weighted by molar-refractivity contribution is -0.168. The third-order valence-electron chi connectivity index (χ3n) is 10.5. The largest absolute Gasteiger partial charge is 0.460 e. The Labute approximate surface area is 303 Å². The van der Waals surface area contributed by atoms with Crippen molar-refractivity contribution < 1.29 is 24.5 Å². The van der Waals surface area contributed by atoms with E-state index in [0.717, 1.165) is 51.4 Å². The number of rotatable bonds is 35. The van der Waals surface area contributed by atoms with E-state index in [9.17, 15) is 19.8 Å². The van der Waals surface area contributed by atoms with Gasteiger partial charge in [-0.2, -0.15) is 0 Å². The number of ether oxygens (including phenoxy) is 1. The van der Waals surface area contributed by atoms with Crippen molar-refractivity contribution in [3.63, 3.8) is 0 Å². The second kappa shape index (κ2) is 32.7. The van der Waals surface area contributed by atoms with Crippen molar-refractivity contribution in [1.82, 2.24) is 10.2 Å². The van der Waals surface area contributed by atoms with E-state index in [-0.39, 0.29) is 30.9 Å². The van der Waals surface area contributed by atoms with E-state index in [1.54, 1.807) is 0 Å². The van der Waals surface area contributed by atoms with Gasteiger partial charge in [0.2, 0.25) is 5.91 Å². The molecule has 290 valence electrons. The molecule has 0 radical (unpaired) electrons. The number of cyclic esters (lactones) is 1. The Morgan fingerprint density at radius 1 is 0.653 bits per heavy atom. The summed E-state index contributed by atoms with van der Waals surface area (Å²) >= 11 is 0. The summed E-state index contributed by atoms with van der Waals surface area (Å²) in [6.45, 7) is 8.06. The number of nitrogens with one attached hydrogen (secondary N) is 1. The van der Waals surface area contributed by atoms with Crippen LogP contribution in [0.4, 0.5) is 0 Å². The molecule has 1 saturated heterocycles. The minimum absolute atomic E-state index is 0.140. The highest BCUT2D eigenvalue weighted by Gasteiger charge is 2.37. The van der Waals surface area contributed by atoms with Crippen LogP contribution in [-0.4, -0.2) is 71.0 Å². The predicted octanol–water partition coefficient (Wildman–Crippen LogP) is 10.2. The van der Waals surface area contributed by atoms with Crippen molar-refractivity contribution >= 4 is 11.9 Å². The molecule has 49 heavy (non-hydrogen) atoms. The molecule has 0 saturated carbocycles. The highest BCUT2D eigenvalue weighted by atomic mass is 16.5. The molecule has 0 bridgehead atoms. The summed E-state index contributed by atoms with van der Waals surface area (Å²) in [7, 11) is 0. The number of hydrogen-bond acceptors (Lipinski definition) is 6. The number of nitrogens with zero attached hydrogens (tertiary/aromatic N) is 1. The summed E-state index contributed by atoms with van der Waals surface area (Å²) in [4.78, 5) is 28.1. The van der Waals surface area contributed by atoms with Crippen molar-refractivity contribution in [1.29, 1.82) is 0 Å². The first kappa shape index (κ1) is 45.8. The number of aliphatic hydroxyl groups excluding tert-OH is 2. The van der Waals surface area contributed by atoms with Crippen LogP contribution in [0.5, 0.6) is 0 Å². The number of carbonyl (C=O) groups is 2. The highest BCUT2D eigenvalue weighted by molar-refractivity contribution is 5.79. The zero-order chi connectivity index (χ0) is 35.8. The van der Waals surface area contributed by atoms with Gasteiger partial charge in [-0.3, -0.25) is 14.5 Å². The Kier molecular flexibility index (Phi) is 30.6. The molecule has 0 aromatic heterocycles. The number of aliphatic hydroxyl groups is 2. The van der Waals surface area contributed by atoms with Gasteiger partial charge in [0.25, 0.3) is 0 Å². The molecule has 1 fully saturated rings. The van der Waals surface area contributed by atoms with Crippen LogP contribution in [0, 0.1) is 0 Å². The molecule has 0 aliphatic carbocycles. The van der Waals surface area contributed by atoms with E-state index in [1.807, 2.05) is 0 Å². The van der Waals surface area contributed by atoms with Gasteiger partial charge in [-0.25, -0.2) is 0 Å². The van der Waals surface area contributed by atoms with Crippen molar-refractivity contribution in [2.75, 3.05) is 19.6 Å². The van der Waals surface area contributed by atoms with E-state index >= 15 is 0 Å². The fraction of sp³-hybridized carbons (Fsp3) is 0.952. The number of hydrogen-bond donors (Lipinski definition) is 3. The molecule has 1 amide bonds. The van der Waals surface area contributed by atoms with Crippen LogP contribution < -0.4 is 5.32 Å². The fourth-order valence-corrected chi connectivity index (χ4v) is 7.23. The summed E-state index contributed by atoms with van der Waals surface area (Å²) in [6.07, 6.45) is 32.7. The first-order valence-electron chi connectivity index (χ1n) is 21.5. The van der Waals surface area contributed by atoms with E-state index in [2.05, 4.69) is 31.0 Å². The van der Waals surface area contributed by atoms with Crippen LogP contribution in [0.2, 0.25) is 0 Å². The third-order valence-corrected chi connectivity index (χ3v) is 10.5. The monoisotopic (exact) mass is 695 g/mol. The van der Waals surface area contributed by atoms with Crippen LogP contribution >= 0.6 is 0 Å². The standard InChI is InChI=1S/C42H82N2O5/c1-4-7-10-13-16-19-21-24-27-30-38(46)35-44-36-39(31-28-25-22-18-15-12-9-6-3)49-42(48)40(44)32-33-41(47)43-34-37(45)29-26-23-20-17-14-11-8-5-2/h37-40,45-46H,4-36H2,1-3H3,(H,43,47). The zero-order valence-electron chi connectivity index (χ0n) is 32.7. The van der Waals surface area contributed by atoms with Gasteiger partial charge in [-0.15, -0.1) is 0 Å². The van der Waals surface area contributed by atoms with Crippen LogP contribution in [0.1, 0.15) is 213 Å². The molecule has 3 N–H and O–H groups in total. The van der Waals surface area contributed by atoms with E-state index in [0.29, 0.717) is 25.9 Å². The van der Waals surface area contributed by atoms with Crippen LogP contribution in [0.25, 0.3) is 0 Å². The van der Waals surface area contributed by atoms with Gasteiger partial charge in [0.1, 0.15) is 12.1 Å². The number of β-amino-alcohol motifs (C(OH)–C–C–N with tert-alkyl or cyclic N) is 1. The summed E-state index contributed by atoms with van der Waals surface area (Å²) in [5, 5.41) is 24.3. The van der Waals surface area contributed by atoms with Crippen LogP contribution in [-0.2, 0) is 14.3 Å². The third kappa shape index (κ3) is 26.3. The molecular weight excluding hydrogens is 612 g/mol. The molecule has 1 rings (SSSR count). The minimum Gasteiger partial charge on any atom is -0.460 e. The predicted molar refractivity (Wildman–Crippen MR) is 206 cm³/mol. The lowest BCUT2D eigenvalue weighted by Crippen LogP contribution is -2.55. The van der Waals surface area contributed by atoms with Crippen molar-refractivity contribution in [3.05, 3.63) is 0 Å². The molecular formula is C42H82N2O5. The smallest absolute Gasteiger partial charge is 0.323 e. The Morgan fingerprint density at radius 2 is 1.08 bits per heavy atom. The molecule has 7 heteroatoms. The molecule has 1 heterocycles. The quantitative estimate of drug-likeness (QED) is 0.0451. The molecule has 1 aliphatic heterocycles. The lowest BCUT2D eigenvalue weighted by atomic mass is 10.0. The summed E-state index contributed by atoms with van der Waals surface area (Å²) in [5.74, 6) is -0.396. The Bertz CT molecular complexity index is 765. The fourth-order valence-electron chi connectivity index (χ4n) is 7.23. The molecule has 1 aliphatic rings. The van der Waals surface area contributed by atoms with Gasteiger partial charge in [-0.1, -0.05) is 175 Å². The minimum atomic E-state index is -0.534. The van der Waals surface area contributed by atoms with Crippen molar-refractivity contribution in [2.24, 2.45) is 0 Å². The first-order valence-corrected chi connectivity index (χ1v) is 21.5. The molecule has 4 unspecified atom stereocenters. The maximum absolute atomic E-state index is 13.3. The van der Waals surface area contributed by atoms with Crippen LogP contribution in [0.15, 0.2) is 0 Å². The number of amides is 1. The zero-order valence-corrected chi connectivity index (χ0v) is 32.7. The van der Waals surface area contributed by atoms with Crippen molar-refractivity contribution in [3.8, 4) is 0 Å². The number of unbranched alkanes of at least 4 members (excludes halogenated alkanes) is 22. The van der Waals surface area contributed by atoms with Gasteiger partial charge in [0.05, 0.1) is 12.2 Å². The highest BCUT2D eigenvalue weighted by Crippen LogP contribution is 2.23. The summed E-state index contributed by atoms with van der Waals surface area (Å²) in [5.41, 5.74) is 0. The number of esters is 1. The molecule has 7 nitrogen and oxygen atoms in total. The molecule has 0 spiro atoms. The average Bonchev–Trinajstić information content (AvgIpc) is 3.08. The van der Waals surface area contributed by atoms with Gasteiger partial charge < -0.3 is 20.3 Å². The van der Waals surface area contributed by atoms with Gasteiger partial charge in [0.15, 0.2) is 0 Å². The maximum Gasteiger partial charge on any atom is 0.323 e. The SMILES string of the molecule is CCCCCCCCCCCC(O)CN1CC(CCCCCCCCCC)OC(=O)C1CCC(=O)NCC(O)CCCCCCCCCC. The summed E-state index contributed by atoms with van der Waals surface area (Å²) < 4.78 is 5.92. The summed E-state index contributed by atoms with van der Waals surface area (Å²) in [6, 6.07) is -0.513. The van der Waals surface area contributed by atoms with Crippen molar-refractivity contribution in [2.45, 2.75) is 238 Å². The second-order valence-electron chi connectivity index (χ2n) is 15.3. The Morgan fingerprint density at radius 3 is 1.57 bits per heavy atom. The average molecular weight is 695 g/mol. The van der Waals surface area contributed by atoms with Crippen LogP contribution in [0.3, 0.4) is 0 Å². The van der Waals surface area contributed by atoms with E-state index in [4.69, 9.17) is 4.74 Å². The Balaban J connectivity index is 2.48. The topological polar surface area (TPSA) is 99.1 Å². The second-order valence-corrected chi connectivity index (χ2v) is 15.3. The van der Waals surface area contributed by atoms with Gasteiger partial charge >= 0.3 is 5.97 Å². The van der Waals surface area contributed by atoms with E-state index in [1.165, 1.54) is 122 Å². The van der Waals surface area contributed by atoms with Gasteiger partial charge in [-0.05, 0) is 32.1 Å². The van der Waals surface area contributed by atoms with Gasteiger partial charge in [0, 0.05) is 26.1 Å². The number of carbonyl (C=O) groups excluding carboxylic acids is 2. The maximum atomic E-state index is 13.3. The first-order chi connectivity index (χ1) is 23.9. The van der Waals surface area contributed by atoms with E-state index < -0.39 is 18.2 Å². The normalized spacial score (nSPS) is 18.0. The number of morpholine rings is 1. The Hall–Kier alpha value is -1.18.